The van der Waals surface area contributed by atoms with Gasteiger partial charge in [0.25, 0.3) is 0 Å². The van der Waals surface area contributed by atoms with Crippen molar-refractivity contribution < 1.29 is 18.0 Å². The quantitative estimate of drug-likeness (QED) is 0.876. The van der Waals surface area contributed by atoms with Gasteiger partial charge in [0.05, 0.1) is 6.04 Å². The lowest BCUT2D eigenvalue weighted by molar-refractivity contribution is -0.152. The molecule has 0 spiro atoms. The molecule has 0 unspecified atom stereocenters. The molecule has 0 aliphatic rings. The number of amides is 2. The average Bonchev–Trinajstić information content (AvgIpc) is 2.55. The Bertz CT molecular complexity index is 647. The van der Waals surface area contributed by atoms with Crippen LogP contribution in [0.3, 0.4) is 0 Å². The van der Waals surface area contributed by atoms with Crippen molar-refractivity contribution in [1.29, 1.82) is 0 Å². The first-order chi connectivity index (χ1) is 11.4. The maximum atomic E-state index is 13.2. The number of hydrogen-bond donors (Lipinski definition) is 2. The molecule has 4 nitrogen and oxygen atoms in total. The molecule has 0 aliphatic carbocycles. The Balaban J connectivity index is 2.00. The summed E-state index contributed by atoms with van der Waals surface area (Å²) in [5.41, 5.74) is 1.26. The number of nitrogens with one attached hydrogen (secondary N) is 2. The van der Waals surface area contributed by atoms with Crippen LogP contribution in [0.15, 0.2) is 54.9 Å². The van der Waals surface area contributed by atoms with Gasteiger partial charge in [-0.1, -0.05) is 30.3 Å². The summed E-state index contributed by atoms with van der Waals surface area (Å²) >= 11 is 0. The summed E-state index contributed by atoms with van der Waals surface area (Å²) in [4.78, 5) is 15.8. The van der Waals surface area contributed by atoms with E-state index in [1.807, 2.05) is 5.32 Å². The monoisotopic (exact) mass is 337 g/mol. The van der Waals surface area contributed by atoms with E-state index in [0.29, 0.717) is 5.56 Å². The van der Waals surface area contributed by atoms with Gasteiger partial charge in [-0.3, -0.25) is 4.98 Å². The molecule has 0 fully saturated rings. The molecule has 0 saturated heterocycles. The smallest absolute Gasteiger partial charge is 0.332 e. The predicted molar refractivity (Wildman–Crippen MR) is 84.3 cm³/mol. The molecule has 2 atom stereocenters. The van der Waals surface area contributed by atoms with E-state index >= 15 is 0 Å². The zero-order valence-corrected chi connectivity index (χ0v) is 13.0. The molecule has 0 bridgehead atoms. The van der Waals surface area contributed by atoms with Gasteiger partial charge >= 0.3 is 12.2 Å². The molecular formula is C17H18F3N3O. The Morgan fingerprint density at radius 3 is 2.29 bits per heavy atom. The summed E-state index contributed by atoms with van der Waals surface area (Å²) in [6.07, 6.45) is -1.74. The highest BCUT2D eigenvalue weighted by Crippen LogP contribution is 2.23. The SMILES string of the molecule is C[C@H](NC(=O)N[C@H](Cc1ccccc1)C(F)(F)F)c1ccncc1. The predicted octanol–water partition coefficient (Wildman–Crippen LogP) is 3.62. The van der Waals surface area contributed by atoms with Crippen LogP contribution in [0.4, 0.5) is 18.0 Å². The van der Waals surface area contributed by atoms with Gasteiger partial charge < -0.3 is 10.6 Å². The summed E-state index contributed by atoms with van der Waals surface area (Å²) in [5, 5.41) is 4.52. The number of hydrogen-bond acceptors (Lipinski definition) is 2. The lowest BCUT2D eigenvalue weighted by Crippen LogP contribution is -2.50. The van der Waals surface area contributed by atoms with Gasteiger partial charge in [0, 0.05) is 18.8 Å². The molecule has 1 aromatic carbocycles. The van der Waals surface area contributed by atoms with Crippen LogP contribution in [-0.2, 0) is 6.42 Å². The van der Waals surface area contributed by atoms with Gasteiger partial charge in [0.2, 0.25) is 0 Å². The number of aromatic nitrogens is 1. The topological polar surface area (TPSA) is 54.0 Å². The van der Waals surface area contributed by atoms with E-state index in [-0.39, 0.29) is 6.42 Å². The molecule has 1 aromatic heterocycles. The molecule has 1 heterocycles. The van der Waals surface area contributed by atoms with Gasteiger partial charge in [0.15, 0.2) is 0 Å². The van der Waals surface area contributed by atoms with Crippen LogP contribution in [0, 0.1) is 0 Å². The Morgan fingerprint density at radius 2 is 1.71 bits per heavy atom. The van der Waals surface area contributed by atoms with Crippen LogP contribution in [0.1, 0.15) is 24.1 Å². The Kier molecular flexibility index (Phi) is 5.78. The van der Waals surface area contributed by atoms with E-state index in [2.05, 4.69) is 10.3 Å². The highest BCUT2D eigenvalue weighted by molar-refractivity contribution is 5.74. The minimum atomic E-state index is -4.53. The third-order valence-electron chi connectivity index (χ3n) is 3.54. The van der Waals surface area contributed by atoms with Crippen LogP contribution in [0.5, 0.6) is 0 Å². The second-order valence-corrected chi connectivity index (χ2v) is 5.40. The number of halogens is 3. The molecule has 2 rings (SSSR count). The first kappa shape index (κ1) is 17.8. The summed E-state index contributed by atoms with van der Waals surface area (Å²) < 4.78 is 39.5. The van der Waals surface area contributed by atoms with E-state index in [1.165, 1.54) is 0 Å². The molecule has 2 amide bonds. The molecule has 0 radical (unpaired) electrons. The van der Waals surface area contributed by atoms with Crippen molar-refractivity contribution in [3.05, 3.63) is 66.0 Å². The van der Waals surface area contributed by atoms with Crippen LogP contribution in [-0.4, -0.2) is 23.2 Å². The fourth-order valence-electron chi connectivity index (χ4n) is 2.23. The van der Waals surface area contributed by atoms with E-state index in [0.717, 1.165) is 5.56 Å². The number of carbonyl (C=O) groups is 1. The van der Waals surface area contributed by atoms with Crippen molar-refractivity contribution in [3.8, 4) is 0 Å². The Labute approximate surface area is 138 Å². The third-order valence-corrected chi connectivity index (χ3v) is 3.54. The number of pyridine rings is 1. The van der Waals surface area contributed by atoms with Crippen molar-refractivity contribution in [2.75, 3.05) is 0 Å². The van der Waals surface area contributed by atoms with Gasteiger partial charge in [-0.05, 0) is 30.2 Å². The third kappa shape index (κ3) is 5.26. The van der Waals surface area contributed by atoms with Gasteiger partial charge in [-0.25, -0.2) is 4.79 Å². The fraction of sp³-hybridized carbons (Fsp3) is 0.294. The normalized spacial score (nSPS) is 13.8. The first-order valence-electron chi connectivity index (χ1n) is 7.44. The van der Waals surface area contributed by atoms with Crippen LogP contribution < -0.4 is 10.6 Å². The van der Waals surface area contributed by atoms with E-state index in [9.17, 15) is 18.0 Å². The number of alkyl halides is 3. The fourth-order valence-corrected chi connectivity index (χ4v) is 2.23. The molecule has 2 aromatic rings. The van der Waals surface area contributed by atoms with Gasteiger partial charge in [-0.15, -0.1) is 0 Å². The van der Waals surface area contributed by atoms with E-state index in [1.54, 1.807) is 61.8 Å². The minimum Gasteiger partial charge on any atom is -0.332 e. The highest BCUT2D eigenvalue weighted by Gasteiger charge is 2.40. The minimum absolute atomic E-state index is 0.318. The number of benzene rings is 1. The zero-order chi connectivity index (χ0) is 17.6. The maximum Gasteiger partial charge on any atom is 0.408 e. The van der Waals surface area contributed by atoms with Gasteiger partial charge in [0.1, 0.15) is 6.04 Å². The van der Waals surface area contributed by atoms with Crippen molar-refractivity contribution in [2.45, 2.75) is 31.6 Å². The maximum absolute atomic E-state index is 13.2. The average molecular weight is 337 g/mol. The molecule has 0 saturated carbocycles. The summed E-state index contributed by atoms with van der Waals surface area (Å²) in [5.74, 6) is 0. The van der Waals surface area contributed by atoms with Crippen molar-refractivity contribution >= 4 is 6.03 Å². The molecule has 2 N–H and O–H groups in total. The van der Waals surface area contributed by atoms with E-state index in [4.69, 9.17) is 0 Å². The van der Waals surface area contributed by atoms with Gasteiger partial charge in [-0.2, -0.15) is 13.2 Å². The molecule has 0 aliphatic heterocycles. The Hall–Kier alpha value is -2.57. The Morgan fingerprint density at radius 1 is 1.08 bits per heavy atom. The van der Waals surface area contributed by atoms with Crippen LogP contribution >= 0.6 is 0 Å². The van der Waals surface area contributed by atoms with Crippen molar-refractivity contribution in [1.82, 2.24) is 15.6 Å². The zero-order valence-electron chi connectivity index (χ0n) is 13.0. The standard InChI is InChI=1S/C17H18F3N3O/c1-12(14-7-9-21-10-8-14)22-16(24)23-15(17(18,19)20)11-13-5-3-2-4-6-13/h2-10,12,15H,11H2,1H3,(H2,22,23,24)/t12-,15+/m0/s1. The van der Waals surface area contributed by atoms with Crippen LogP contribution in [0.2, 0.25) is 0 Å². The van der Waals surface area contributed by atoms with Crippen molar-refractivity contribution in [2.24, 2.45) is 0 Å². The largest absolute Gasteiger partial charge is 0.408 e. The van der Waals surface area contributed by atoms with E-state index < -0.39 is 24.3 Å². The second kappa shape index (κ2) is 7.81. The second-order valence-electron chi connectivity index (χ2n) is 5.40. The van der Waals surface area contributed by atoms with Crippen LogP contribution in [0.25, 0.3) is 0 Å². The number of rotatable bonds is 5. The van der Waals surface area contributed by atoms with Crippen molar-refractivity contribution in [3.63, 3.8) is 0 Å². The molecule has 24 heavy (non-hydrogen) atoms. The lowest BCUT2D eigenvalue weighted by Gasteiger charge is -2.23. The molecular weight excluding hydrogens is 319 g/mol. The first-order valence-corrected chi connectivity index (χ1v) is 7.44. The lowest BCUT2D eigenvalue weighted by atomic mass is 10.1. The molecule has 7 heteroatoms. The highest BCUT2D eigenvalue weighted by atomic mass is 19.4. The summed E-state index contributed by atoms with van der Waals surface area (Å²) in [7, 11) is 0. The molecule has 128 valence electrons. The summed E-state index contributed by atoms with van der Waals surface area (Å²) in [6.45, 7) is 1.69. The number of carbonyl (C=O) groups excluding carboxylic acids is 1. The summed E-state index contributed by atoms with van der Waals surface area (Å²) in [6, 6.07) is 8.37. The number of nitrogens with zero attached hydrogens (tertiary/aromatic N) is 1. The number of urea groups is 1.